The number of hydrogen-bond acceptors (Lipinski definition) is 10. The zero-order valence-corrected chi connectivity index (χ0v) is 19.9. The van der Waals surface area contributed by atoms with Crippen molar-refractivity contribution in [2.45, 2.75) is 24.9 Å². The Balaban J connectivity index is 1.20. The zero-order valence-electron chi connectivity index (χ0n) is 19.0. The molecule has 2 saturated heterocycles. The number of nitrogens with one attached hydrogen (secondary N) is 1. The van der Waals surface area contributed by atoms with Crippen molar-refractivity contribution < 1.29 is 23.8 Å². The van der Waals surface area contributed by atoms with Crippen LogP contribution in [0, 0.1) is 0 Å². The third-order valence-corrected chi connectivity index (χ3v) is 6.70. The lowest BCUT2D eigenvalue weighted by molar-refractivity contribution is -0.131. The van der Waals surface area contributed by atoms with E-state index >= 15 is 0 Å². The van der Waals surface area contributed by atoms with E-state index in [0.29, 0.717) is 53.5 Å². The van der Waals surface area contributed by atoms with Gasteiger partial charge in [0.15, 0.2) is 16.5 Å². The highest BCUT2D eigenvalue weighted by Crippen LogP contribution is 2.36. The SMILES string of the molecule is COc1ccc([C@@H]2CC(=O)N(CC(=O)Nc3nnc(-c4cnccn4)s3)C2)cc1O[C@@H]1CCOC1. The molecule has 0 aliphatic carbocycles. The van der Waals surface area contributed by atoms with Crippen LogP contribution in [0.3, 0.4) is 0 Å². The Kier molecular flexibility index (Phi) is 6.82. The van der Waals surface area contributed by atoms with E-state index in [4.69, 9.17) is 14.2 Å². The number of ether oxygens (including phenoxy) is 3. The Morgan fingerprint density at radius 1 is 1.29 bits per heavy atom. The highest BCUT2D eigenvalue weighted by Gasteiger charge is 2.32. The summed E-state index contributed by atoms with van der Waals surface area (Å²) in [7, 11) is 1.60. The number of carbonyl (C=O) groups is 2. The Hall–Kier alpha value is -3.64. The molecular weight excluding hydrogens is 472 g/mol. The van der Waals surface area contributed by atoms with E-state index in [0.717, 1.165) is 12.0 Å². The van der Waals surface area contributed by atoms with E-state index < -0.39 is 0 Å². The molecule has 182 valence electrons. The summed E-state index contributed by atoms with van der Waals surface area (Å²) in [6, 6.07) is 5.71. The monoisotopic (exact) mass is 496 g/mol. The largest absolute Gasteiger partial charge is 0.493 e. The molecule has 2 aromatic heterocycles. The van der Waals surface area contributed by atoms with E-state index in [9.17, 15) is 9.59 Å². The van der Waals surface area contributed by atoms with Crippen molar-refractivity contribution in [1.82, 2.24) is 25.1 Å². The van der Waals surface area contributed by atoms with E-state index in [1.165, 1.54) is 11.3 Å². The van der Waals surface area contributed by atoms with E-state index in [2.05, 4.69) is 25.5 Å². The lowest BCUT2D eigenvalue weighted by atomic mass is 9.98. The van der Waals surface area contributed by atoms with Crippen LogP contribution in [0.5, 0.6) is 11.5 Å². The highest BCUT2D eigenvalue weighted by molar-refractivity contribution is 7.18. The first-order chi connectivity index (χ1) is 17.1. The van der Waals surface area contributed by atoms with Crippen molar-refractivity contribution in [2.75, 3.05) is 38.7 Å². The van der Waals surface area contributed by atoms with Gasteiger partial charge in [-0.3, -0.25) is 24.9 Å². The van der Waals surface area contributed by atoms with Crippen molar-refractivity contribution in [3.8, 4) is 22.2 Å². The van der Waals surface area contributed by atoms with Crippen LogP contribution >= 0.6 is 11.3 Å². The van der Waals surface area contributed by atoms with Gasteiger partial charge in [-0.1, -0.05) is 17.4 Å². The second kappa shape index (κ2) is 10.3. The predicted octanol–water partition coefficient (Wildman–Crippen LogP) is 2.13. The molecule has 0 unspecified atom stereocenters. The van der Waals surface area contributed by atoms with Crippen molar-refractivity contribution in [1.29, 1.82) is 0 Å². The number of amides is 2. The highest BCUT2D eigenvalue weighted by atomic mass is 32.1. The van der Waals surface area contributed by atoms with Crippen LogP contribution in [0.25, 0.3) is 10.7 Å². The minimum atomic E-state index is -0.333. The van der Waals surface area contributed by atoms with Crippen LogP contribution in [-0.4, -0.2) is 76.4 Å². The number of anilines is 1. The van der Waals surface area contributed by atoms with Crippen LogP contribution in [-0.2, 0) is 14.3 Å². The summed E-state index contributed by atoms with van der Waals surface area (Å²) >= 11 is 1.19. The van der Waals surface area contributed by atoms with Crippen LogP contribution < -0.4 is 14.8 Å². The summed E-state index contributed by atoms with van der Waals surface area (Å²) in [6.45, 7) is 1.60. The molecule has 2 aliphatic rings. The maximum Gasteiger partial charge on any atom is 0.245 e. The van der Waals surface area contributed by atoms with Gasteiger partial charge in [0.2, 0.25) is 16.9 Å². The first-order valence-electron chi connectivity index (χ1n) is 11.2. The average Bonchev–Trinajstić information content (AvgIpc) is 3.62. The lowest BCUT2D eigenvalue weighted by Gasteiger charge is -2.18. The number of aromatic nitrogens is 4. The van der Waals surface area contributed by atoms with E-state index in [1.807, 2.05) is 18.2 Å². The molecule has 0 spiro atoms. The fourth-order valence-electron chi connectivity index (χ4n) is 4.09. The summed E-state index contributed by atoms with van der Waals surface area (Å²) in [4.78, 5) is 35.0. The third-order valence-electron chi connectivity index (χ3n) is 5.84. The molecule has 1 aromatic carbocycles. The zero-order chi connectivity index (χ0) is 24.2. The van der Waals surface area contributed by atoms with E-state index in [1.54, 1.807) is 30.6 Å². The molecule has 1 N–H and O–H groups in total. The fourth-order valence-corrected chi connectivity index (χ4v) is 4.81. The van der Waals surface area contributed by atoms with Gasteiger partial charge in [0.25, 0.3) is 0 Å². The molecule has 2 fully saturated rings. The normalized spacial score (nSPS) is 19.7. The number of rotatable bonds is 8. The molecule has 3 aromatic rings. The molecule has 5 rings (SSSR count). The molecule has 35 heavy (non-hydrogen) atoms. The van der Waals surface area contributed by atoms with Crippen LogP contribution in [0.15, 0.2) is 36.8 Å². The summed E-state index contributed by atoms with van der Waals surface area (Å²) in [5.41, 5.74) is 1.54. The number of methoxy groups -OCH3 is 1. The topological polar surface area (TPSA) is 129 Å². The van der Waals surface area contributed by atoms with Gasteiger partial charge in [-0.15, -0.1) is 10.2 Å². The Bertz CT molecular complexity index is 1200. The lowest BCUT2D eigenvalue weighted by Crippen LogP contribution is -2.34. The predicted molar refractivity (Wildman–Crippen MR) is 126 cm³/mol. The molecular formula is C23H24N6O5S. The maximum atomic E-state index is 12.7. The standard InChI is InChI=1S/C23H24N6O5S/c1-32-18-3-2-14(8-19(18)34-16-4-7-33-13-16)15-9-21(31)29(11-15)12-20(30)26-23-28-27-22(35-23)17-10-24-5-6-25-17/h2-3,5-6,8,10,15-16H,4,7,9,11-13H2,1H3,(H,26,28,30)/t15-,16-/m1/s1. The van der Waals surface area contributed by atoms with Gasteiger partial charge in [-0.05, 0) is 17.7 Å². The summed E-state index contributed by atoms with van der Waals surface area (Å²) in [5, 5.41) is 11.6. The van der Waals surface area contributed by atoms with Crippen molar-refractivity contribution in [3.05, 3.63) is 42.4 Å². The minimum absolute atomic E-state index is 0.0145. The number of carbonyl (C=O) groups excluding carboxylic acids is 2. The maximum absolute atomic E-state index is 12.7. The van der Waals surface area contributed by atoms with Gasteiger partial charge < -0.3 is 19.1 Å². The number of nitrogens with zero attached hydrogens (tertiary/aromatic N) is 5. The average molecular weight is 497 g/mol. The van der Waals surface area contributed by atoms with Crippen LogP contribution in [0.4, 0.5) is 5.13 Å². The van der Waals surface area contributed by atoms with Crippen molar-refractivity contribution >= 4 is 28.3 Å². The molecule has 2 aliphatic heterocycles. The molecule has 4 heterocycles. The second-order valence-corrected chi connectivity index (χ2v) is 9.22. The Morgan fingerprint density at radius 3 is 2.97 bits per heavy atom. The Labute approximate surface area is 205 Å². The van der Waals surface area contributed by atoms with Gasteiger partial charge in [0.05, 0.1) is 33.1 Å². The molecule has 0 radical (unpaired) electrons. The first-order valence-corrected chi connectivity index (χ1v) is 12.0. The molecule has 0 saturated carbocycles. The minimum Gasteiger partial charge on any atom is -0.493 e. The van der Waals surface area contributed by atoms with Crippen LogP contribution in [0.1, 0.15) is 24.3 Å². The van der Waals surface area contributed by atoms with Gasteiger partial charge in [-0.25, -0.2) is 0 Å². The molecule has 2 amide bonds. The van der Waals surface area contributed by atoms with Gasteiger partial charge >= 0.3 is 0 Å². The molecule has 2 atom stereocenters. The first kappa shape index (κ1) is 23.1. The van der Waals surface area contributed by atoms with Crippen molar-refractivity contribution in [3.63, 3.8) is 0 Å². The van der Waals surface area contributed by atoms with Gasteiger partial charge in [0, 0.05) is 37.7 Å². The van der Waals surface area contributed by atoms with Gasteiger partial charge in [-0.2, -0.15) is 0 Å². The fraction of sp³-hybridized carbons (Fsp3) is 0.391. The Morgan fingerprint density at radius 2 is 2.20 bits per heavy atom. The van der Waals surface area contributed by atoms with E-state index in [-0.39, 0.29) is 30.4 Å². The molecule has 12 heteroatoms. The third kappa shape index (κ3) is 5.38. The van der Waals surface area contributed by atoms with Crippen LogP contribution in [0.2, 0.25) is 0 Å². The summed E-state index contributed by atoms with van der Waals surface area (Å²) < 4.78 is 16.9. The van der Waals surface area contributed by atoms with Gasteiger partial charge in [0.1, 0.15) is 11.8 Å². The summed E-state index contributed by atoms with van der Waals surface area (Å²) in [6.07, 6.45) is 5.84. The second-order valence-electron chi connectivity index (χ2n) is 8.24. The number of hydrogen-bond donors (Lipinski definition) is 1. The summed E-state index contributed by atoms with van der Waals surface area (Å²) in [5.74, 6) is 0.817. The molecule has 0 bridgehead atoms. The number of likely N-dealkylation sites (tertiary alicyclic amines) is 1. The van der Waals surface area contributed by atoms with Crippen molar-refractivity contribution in [2.24, 2.45) is 0 Å². The quantitative estimate of drug-likeness (QED) is 0.499. The molecule has 11 nitrogen and oxygen atoms in total. The smallest absolute Gasteiger partial charge is 0.245 e. The number of benzene rings is 1.